The molecule has 2 aromatic rings. The molecule has 6 heteroatoms. The second-order valence-corrected chi connectivity index (χ2v) is 8.01. The van der Waals surface area contributed by atoms with Crippen LogP contribution in [-0.4, -0.2) is 34.0 Å². The Bertz CT molecular complexity index is 723. The summed E-state index contributed by atoms with van der Waals surface area (Å²) in [4.78, 5) is 21.8. The Hall–Kier alpha value is -1.69. The number of aromatic nitrogens is 2. The van der Waals surface area contributed by atoms with E-state index < -0.39 is 0 Å². The van der Waals surface area contributed by atoms with Crippen LogP contribution in [0.15, 0.2) is 16.7 Å². The SMILES string of the molecule is Cc1nc(C2CCCN(C(=O)C3CC3c3ccc(C)s3)C2)no1. The van der Waals surface area contributed by atoms with E-state index in [1.807, 2.05) is 16.2 Å². The first-order chi connectivity index (χ1) is 11.1. The maximum absolute atomic E-state index is 12.8. The van der Waals surface area contributed by atoms with Crippen LogP contribution in [0.2, 0.25) is 0 Å². The molecule has 1 saturated heterocycles. The molecule has 3 unspecified atom stereocenters. The highest BCUT2D eigenvalue weighted by atomic mass is 32.1. The third kappa shape index (κ3) is 2.92. The standard InChI is InChI=1S/C17H21N3O2S/c1-10-5-6-15(23-10)13-8-14(13)17(21)20-7-3-4-12(9-20)16-18-11(2)22-19-16/h5-6,12-14H,3-4,7-9H2,1-2H3. The van der Waals surface area contributed by atoms with Crippen molar-refractivity contribution >= 4 is 17.2 Å². The van der Waals surface area contributed by atoms with E-state index in [2.05, 4.69) is 29.2 Å². The molecule has 3 atom stereocenters. The second-order valence-electron chi connectivity index (χ2n) is 6.69. The predicted molar refractivity (Wildman–Crippen MR) is 87.5 cm³/mol. The number of hydrogen-bond acceptors (Lipinski definition) is 5. The monoisotopic (exact) mass is 331 g/mol. The molecule has 5 nitrogen and oxygen atoms in total. The molecule has 1 saturated carbocycles. The Balaban J connectivity index is 1.41. The summed E-state index contributed by atoms with van der Waals surface area (Å²) in [5, 5.41) is 4.04. The van der Waals surface area contributed by atoms with Crippen LogP contribution in [0.5, 0.6) is 0 Å². The lowest BCUT2D eigenvalue weighted by molar-refractivity contribution is -0.133. The van der Waals surface area contributed by atoms with Crippen molar-refractivity contribution < 1.29 is 9.32 Å². The van der Waals surface area contributed by atoms with E-state index in [-0.39, 0.29) is 11.8 Å². The third-order valence-corrected chi connectivity index (χ3v) is 6.01. The average Bonchev–Trinajstić information content (AvgIpc) is 3.04. The van der Waals surface area contributed by atoms with Crippen molar-refractivity contribution in [1.29, 1.82) is 0 Å². The number of nitrogens with zero attached hydrogens (tertiary/aromatic N) is 3. The van der Waals surface area contributed by atoms with Gasteiger partial charge in [-0.3, -0.25) is 4.79 Å². The van der Waals surface area contributed by atoms with Gasteiger partial charge in [0.15, 0.2) is 5.82 Å². The maximum atomic E-state index is 12.8. The van der Waals surface area contributed by atoms with Gasteiger partial charge in [-0.05, 0) is 38.3 Å². The van der Waals surface area contributed by atoms with Crippen molar-refractivity contribution in [2.24, 2.45) is 5.92 Å². The van der Waals surface area contributed by atoms with Crippen LogP contribution in [0.4, 0.5) is 0 Å². The highest BCUT2D eigenvalue weighted by Gasteiger charge is 2.47. The molecular weight excluding hydrogens is 310 g/mol. The van der Waals surface area contributed by atoms with Gasteiger partial charge in [0.2, 0.25) is 11.8 Å². The van der Waals surface area contributed by atoms with E-state index in [0.717, 1.165) is 38.2 Å². The van der Waals surface area contributed by atoms with Crippen LogP contribution in [0.3, 0.4) is 0 Å². The number of hydrogen-bond donors (Lipinski definition) is 0. The van der Waals surface area contributed by atoms with E-state index in [0.29, 0.717) is 17.7 Å². The van der Waals surface area contributed by atoms with Gasteiger partial charge in [0.25, 0.3) is 0 Å². The highest BCUT2D eigenvalue weighted by Crippen LogP contribution is 2.50. The minimum atomic E-state index is 0.179. The van der Waals surface area contributed by atoms with Crippen LogP contribution < -0.4 is 0 Å². The quantitative estimate of drug-likeness (QED) is 0.866. The number of aryl methyl sites for hydroxylation is 2. The number of carbonyl (C=O) groups excluding carboxylic acids is 1. The molecule has 3 heterocycles. The molecule has 1 aliphatic carbocycles. The molecule has 0 N–H and O–H groups in total. The summed E-state index contributed by atoms with van der Waals surface area (Å²) >= 11 is 1.82. The van der Waals surface area contributed by atoms with Crippen molar-refractivity contribution in [2.45, 2.75) is 44.9 Å². The first-order valence-corrected chi connectivity index (χ1v) is 9.09. The number of carbonyl (C=O) groups is 1. The zero-order chi connectivity index (χ0) is 16.0. The zero-order valence-corrected chi connectivity index (χ0v) is 14.3. The molecule has 23 heavy (non-hydrogen) atoms. The van der Waals surface area contributed by atoms with Gasteiger partial charge in [-0.25, -0.2) is 0 Å². The third-order valence-electron chi connectivity index (χ3n) is 4.88. The second kappa shape index (κ2) is 5.74. The molecule has 2 aromatic heterocycles. The molecule has 0 aromatic carbocycles. The molecule has 2 aliphatic rings. The molecule has 1 amide bonds. The predicted octanol–water partition coefficient (Wildman–Crippen LogP) is 3.26. The van der Waals surface area contributed by atoms with Gasteiger partial charge in [-0.1, -0.05) is 5.16 Å². The van der Waals surface area contributed by atoms with Gasteiger partial charge in [0, 0.05) is 47.5 Å². The maximum Gasteiger partial charge on any atom is 0.226 e. The summed E-state index contributed by atoms with van der Waals surface area (Å²) in [6, 6.07) is 4.33. The molecule has 0 bridgehead atoms. The number of thiophene rings is 1. The smallest absolute Gasteiger partial charge is 0.226 e. The molecule has 122 valence electrons. The Morgan fingerprint density at radius 1 is 1.39 bits per heavy atom. The molecule has 1 aliphatic heterocycles. The highest BCUT2D eigenvalue weighted by molar-refractivity contribution is 7.12. The van der Waals surface area contributed by atoms with Gasteiger partial charge in [0.05, 0.1) is 0 Å². The summed E-state index contributed by atoms with van der Waals surface area (Å²) in [6.07, 6.45) is 3.04. The normalized spacial score (nSPS) is 27.2. The zero-order valence-electron chi connectivity index (χ0n) is 13.5. The van der Waals surface area contributed by atoms with Gasteiger partial charge in [-0.15, -0.1) is 11.3 Å². The summed E-state index contributed by atoms with van der Waals surface area (Å²) in [7, 11) is 0. The number of piperidine rings is 1. The Morgan fingerprint density at radius 2 is 2.26 bits per heavy atom. The Labute approximate surface area is 139 Å². The van der Waals surface area contributed by atoms with E-state index in [9.17, 15) is 4.79 Å². The van der Waals surface area contributed by atoms with Gasteiger partial charge >= 0.3 is 0 Å². The first-order valence-electron chi connectivity index (χ1n) is 8.27. The largest absolute Gasteiger partial charge is 0.342 e. The van der Waals surface area contributed by atoms with Crippen molar-refractivity contribution in [1.82, 2.24) is 15.0 Å². The number of likely N-dealkylation sites (tertiary alicyclic amines) is 1. The van der Waals surface area contributed by atoms with Crippen LogP contribution in [-0.2, 0) is 4.79 Å². The topological polar surface area (TPSA) is 59.2 Å². The fourth-order valence-electron chi connectivity index (χ4n) is 3.54. The summed E-state index contributed by atoms with van der Waals surface area (Å²) in [6.45, 7) is 5.51. The fourth-order valence-corrected chi connectivity index (χ4v) is 4.59. The summed E-state index contributed by atoms with van der Waals surface area (Å²) in [5.41, 5.74) is 0. The minimum Gasteiger partial charge on any atom is -0.342 e. The van der Waals surface area contributed by atoms with Crippen LogP contribution in [0.25, 0.3) is 0 Å². The summed E-state index contributed by atoms with van der Waals surface area (Å²) < 4.78 is 5.09. The minimum absolute atomic E-state index is 0.179. The van der Waals surface area contributed by atoms with Gasteiger partial charge < -0.3 is 9.42 Å². The van der Waals surface area contributed by atoms with E-state index in [1.54, 1.807) is 6.92 Å². The molecule has 0 radical (unpaired) electrons. The molecule has 0 spiro atoms. The lowest BCUT2D eigenvalue weighted by Gasteiger charge is -2.31. The lowest BCUT2D eigenvalue weighted by Crippen LogP contribution is -2.40. The Kier molecular flexibility index (Phi) is 3.71. The Morgan fingerprint density at radius 3 is 2.96 bits per heavy atom. The molecule has 4 rings (SSSR count). The average molecular weight is 331 g/mol. The summed E-state index contributed by atoms with van der Waals surface area (Å²) in [5.74, 6) is 2.49. The lowest BCUT2D eigenvalue weighted by atomic mass is 9.97. The van der Waals surface area contributed by atoms with Gasteiger partial charge in [-0.2, -0.15) is 4.98 Å². The van der Waals surface area contributed by atoms with Crippen molar-refractivity contribution in [3.8, 4) is 0 Å². The van der Waals surface area contributed by atoms with E-state index >= 15 is 0 Å². The first kappa shape index (κ1) is 14.9. The van der Waals surface area contributed by atoms with Crippen LogP contribution in [0.1, 0.15) is 52.6 Å². The number of rotatable bonds is 3. The van der Waals surface area contributed by atoms with E-state index in [4.69, 9.17) is 4.52 Å². The van der Waals surface area contributed by atoms with Crippen molar-refractivity contribution in [2.75, 3.05) is 13.1 Å². The number of amides is 1. The molecule has 2 fully saturated rings. The van der Waals surface area contributed by atoms with E-state index in [1.165, 1.54) is 9.75 Å². The van der Waals surface area contributed by atoms with Crippen LogP contribution >= 0.6 is 11.3 Å². The van der Waals surface area contributed by atoms with Crippen LogP contribution in [0, 0.1) is 19.8 Å². The molecular formula is C17H21N3O2S. The van der Waals surface area contributed by atoms with Crippen molar-refractivity contribution in [3.63, 3.8) is 0 Å². The fraction of sp³-hybridized carbons (Fsp3) is 0.588. The van der Waals surface area contributed by atoms with Crippen molar-refractivity contribution in [3.05, 3.63) is 33.6 Å². The van der Waals surface area contributed by atoms with Gasteiger partial charge in [0.1, 0.15) is 0 Å².